The first kappa shape index (κ1) is 19.6. The van der Waals surface area contributed by atoms with E-state index in [2.05, 4.69) is 31.4 Å². The van der Waals surface area contributed by atoms with Gasteiger partial charge in [-0.1, -0.05) is 20.8 Å². The number of amides is 1. The Balaban J connectivity index is 1.75. The normalized spacial score (nSPS) is 10.5. The van der Waals surface area contributed by atoms with Gasteiger partial charge in [0.1, 0.15) is 11.5 Å². The molecule has 2 N–H and O–H groups in total. The number of hydrogen-bond acceptors (Lipinski definition) is 4. The van der Waals surface area contributed by atoms with E-state index >= 15 is 0 Å². The molecule has 0 saturated carbocycles. The highest BCUT2D eigenvalue weighted by molar-refractivity contribution is 5.93. The molecule has 0 unspecified atom stereocenters. The van der Waals surface area contributed by atoms with Crippen LogP contribution >= 0.6 is 0 Å². The van der Waals surface area contributed by atoms with Crippen LogP contribution in [-0.4, -0.2) is 25.7 Å². The molecule has 0 saturated heterocycles. The summed E-state index contributed by atoms with van der Waals surface area (Å²) < 4.78 is 11.2. The fourth-order valence-electron chi connectivity index (χ4n) is 2.17. The number of benzene rings is 2. The lowest BCUT2D eigenvalue weighted by Crippen LogP contribution is -2.21. The molecule has 140 valence electrons. The Labute approximate surface area is 155 Å². The Kier molecular flexibility index (Phi) is 7.80. The van der Waals surface area contributed by atoms with Crippen molar-refractivity contribution in [2.75, 3.05) is 30.4 Å². The van der Waals surface area contributed by atoms with Gasteiger partial charge in [0.15, 0.2) is 0 Å². The highest BCUT2D eigenvalue weighted by Crippen LogP contribution is 2.17. The minimum Gasteiger partial charge on any atom is -0.494 e. The lowest BCUT2D eigenvalue weighted by Gasteiger charge is -2.11. The van der Waals surface area contributed by atoms with Gasteiger partial charge >= 0.3 is 0 Å². The molecule has 0 fully saturated rings. The van der Waals surface area contributed by atoms with Crippen molar-refractivity contribution in [2.45, 2.75) is 27.2 Å². The zero-order chi connectivity index (χ0) is 18.8. The van der Waals surface area contributed by atoms with Crippen molar-refractivity contribution in [3.63, 3.8) is 0 Å². The molecule has 2 aromatic carbocycles. The minimum absolute atomic E-state index is 0.104. The molecule has 0 aliphatic carbocycles. The predicted molar refractivity (Wildman–Crippen MR) is 106 cm³/mol. The average molecular weight is 356 g/mol. The van der Waals surface area contributed by atoms with Gasteiger partial charge in [-0.2, -0.15) is 0 Å². The first-order valence-electron chi connectivity index (χ1n) is 9.06. The third-order valence-corrected chi connectivity index (χ3v) is 3.50. The van der Waals surface area contributed by atoms with E-state index in [1.54, 1.807) is 0 Å². The maximum atomic E-state index is 12.1. The van der Waals surface area contributed by atoms with E-state index in [1.807, 2.05) is 48.5 Å². The van der Waals surface area contributed by atoms with Crippen LogP contribution in [-0.2, 0) is 4.79 Å². The van der Waals surface area contributed by atoms with Crippen molar-refractivity contribution < 1.29 is 14.3 Å². The van der Waals surface area contributed by atoms with Gasteiger partial charge in [0, 0.05) is 11.4 Å². The second-order valence-electron chi connectivity index (χ2n) is 6.50. The fourth-order valence-corrected chi connectivity index (χ4v) is 2.17. The quantitative estimate of drug-likeness (QED) is 0.655. The van der Waals surface area contributed by atoms with Crippen LogP contribution in [0.2, 0.25) is 0 Å². The molecular formula is C21H28N2O3. The monoisotopic (exact) mass is 356 g/mol. The molecule has 5 nitrogen and oxygen atoms in total. The highest BCUT2D eigenvalue weighted by Gasteiger charge is 2.04. The number of anilines is 2. The standard InChI is InChI=1S/C21H28N2O3/c1-4-13-25-19-11-7-18(8-12-19)23-21(24)14-22-17-5-9-20(10-6-17)26-15-16(2)3/h5-12,16,22H,4,13-15H2,1-3H3,(H,23,24). The molecule has 0 aromatic heterocycles. The molecule has 2 rings (SSSR count). The second-order valence-corrected chi connectivity index (χ2v) is 6.50. The lowest BCUT2D eigenvalue weighted by molar-refractivity contribution is -0.114. The molecule has 2 aromatic rings. The predicted octanol–water partition coefficient (Wildman–Crippen LogP) is 4.56. The largest absolute Gasteiger partial charge is 0.494 e. The smallest absolute Gasteiger partial charge is 0.243 e. The summed E-state index contributed by atoms with van der Waals surface area (Å²) in [6.07, 6.45) is 0.967. The molecule has 26 heavy (non-hydrogen) atoms. The van der Waals surface area contributed by atoms with E-state index < -0.39 is 0 Å². The third-order valence-electron chi connectivity index (χ3n) is 3.50. The molecule has 0 heterocycles. The lowest BCUT2D eigenvalue weighted by atomic mass is 10.2. The van der Waals surface area contributed by atoms with Crippen molar-refractivity contribution in [2.24, 2.45) is 5.92 Å². The number of ether oxygens (including phenoxy) is 2. The van der Waals surface area contributed by atoms with Gasteiger partial charge in [-0.15, -0.1) is 0 Å². The molecule has 0 radical (unpaired) electrons. The van der Waals surface area contributed by atoms with Crippen molar-refractivity contribution in [3.05, 3.63) is 48.5 Å². The first-order chi connectivity index (χ1) is 12.6. The molecule has 0 aliphatic rings. The van der Waals surface area contributed by atoms with Crippen LogP contribution in [0.5, 0.6) is 11.5 Å². The fraction of sp³-hybridized carbons (Fsp3) is 0.381. The van der Waals surface area contributed by atoms with Crippen molar-refractivity contribution in [1.29, 1.82) is 0 Å². The zero-order valence-electron chi connectivity index (χ0n) is 15.7. The van der Waals surface area contributed by atoms with Gasteiger partial charge in [0.2, 0.25) is 5.91 Å². The maximum absolute atomic E-state index is 12.1. The Hall–Kier alpha value is -2.69. The van der Waals surface area contributed by atoms with E-state index in [4.69, 9.17) is 9.47 Å². The van der Waals surface area contributed by atoms with E-state index in [0.29, 0.717) is 19.1 Å². The van der Waals surface area contributed by atoms with E-state index in [9.17, 15) is 4.79 Å². The highest BCUT2D eigenvalue weighted by atomic mass is 16.5. The van der Waals surface area contributed by atoms with Crippen LogP contribution in [0.3, 0.4) is 0 Å². The van der Waals surface area contributed by atoms with Gasteiger partial charge in [0.25, 0.3) is 0 Å². The number of carbonyl (C=O) groups is 1. The summed E-state index contributed by atoms with van der Waals surface area (Å²) in [5.41, 5.74) is 1.62. The number of hydrogen-bond donors (Lipinski definition) is 2. The molecule has 0 bridgehead atoms. The van der Waals surface area contributed by atoms with Gasteiger partial charge in [-0.25, -0.2) is 0 Å². The maximum Gasteiger partial charge on any atom is 0.243 e. The molecule has 0 atom stereocenters. The summed E-state index contributed by atoms with van der Waals surface area (Å²) >= 11 is 0. The Bertz CT molecular complexity index is 667. The minimum atomic E-state index is -0.104. The second kappa shape index (κ2) is 10.3. The summed E-state index contributed by atoms with van der Waals surface area (Å²) in [5.74, 6) is 2.03. The zero-order valence-corrected chi connectivity index (χ0v) is 15.7. The topological polar surface area (TPSA) is 59.6 Å². The van der Waals surface area contributed by atoms with Gasteiger partial charge in [-0.05, 0) is 60.9 Å². The van der Waals surface area contributed by atoms with E-state index in [1.165, 1.54) is 0 Å². The molecule has 1 amide bonds. The van der Waals surface area contributed by atoms with Crippen molar-refractivity contribution in [3.8, 4) is 11.5 Å². The van der Waals surface area contributed by atoms with Crippen LogP contribution in [0.4, 0.5) is 11.4 Å². The summed E-state index contributed by atoms with van der Waals surface area (Å²) in [6, 6.07) is 15.0. The number of rotatable bonds is 10. The van der Waals surface area contributed by atoms with Crippen LogP contribution < -0.4 is 20.1 Å². The summed E-state index contributed by atoms with van der Waals surface area (Å²) in [5, 5.41) is 5.96. The van der Waals surface area contributed by atoms with Crippen LogP contribution in [0.15, 0.2) is 48.5 Å². The Morgan fingerprint density at radius 3 is 2.08 bits per heavy atom. The van der Waals surface area contributed by atoms with Crippen LogP contribution in [0.25, 0.3) is 0 Å². The SMILES string of the molecule is CCCOc1ccc(NC(=O)CNc2ccc(OCC(C)C)cc2)cc1. The van der Waals surface area contributed by atoms with Crippen LogP contribution in [0.1, 0.15) is 27.2 Å². The van der Waals surface area contributed by atoms with Gasteiger partial charge in [-0.3, -0.25) is 4.79 Å². The number of nitrogens with one attached hydrogen (secondary N) is 2. The summed E-state index contributed by atoms with van der Waals surface area (Å²) in [4.78, 5) is 12.1. The molecule has 0 aliphatic heterocycles. The summed E-state index contributed by atoms with van der Waals surface area (Å²) in [6.45, 7) is 7.86. The van der Waals surface area contributed by atoms with Crippen molar-refractivity contribution in [1.82, 2.24) is 0 Å². The average Bonchev–Trinajstić information content (AvgIpc) is 2.65. The summed E-state index contributed by atoms with van der Waals surface area (Å²) in [7, 11) is 0. The van der Waals surface area contributed by atoms with Crippen molar-refractivity contribution >= 4 is 17.3 Å². The van der Waals surface area contributed by atoms with E-state index in [-0.39, 0.29) is 12.5 Å². The van der Waals surface area contributed by atoms with Gasteiger partial charge < -0.3 is 20.1 Å². The van der Waals surface area contributed by atoms with E-state index in [0.717, 1.165) is 29.3 Å². The third kappa shape index (κ3) is 7.05. The van der Waals surface area contributed by atoms with Gasteiger partial charge in [0.05, 0.1) is 19.8 Å². The number of carbonyl (C=O) groups excluding carboxylic acids is 1. The first-order valence-corrected chi connectivity index (χ1v) is 9.06. The Morgan fingerprint density at radius 2 is 1.50 bits per heavy atom. The molecule has 5 heteroatoms. The van der Waals surface area contributed by atoms with Crippen LogP contribution in [0, 0.1) is 5.92 Å². The molecular weight excluding hydrogens is 328 g/mol. The molecule has 0 spiro atoms. The Morgan fingerprint density at radius 1 is 0.923 bits per heavy atom.